The van der Waals surface area contributed by atoms with Crippen molar-refractivity contribution in [2.75, 3.05) is 0 Å². The molecule has 0 amide bonds. The summed E-state index contributed by atoms with van der Waals surface area (Å²) in [6, 6.07) is 0. The summed E-state index contributed by atoms with van der Waals surface area (Å²) in [6.45, 7) is 6.23. The van der Waals surface area contributed by atoms with E-state index in [1.165, 1.54) is 0 Å². The van der Waals surface area contributed by atoms with Crippen molar-refractivity contribution in [2.24, 2.45) is 28.6 Å². The van der Waals surface area contributed by atoms with Gasteiger partial charge in [-0.25, -0.2) is 0 Å². The third-order valence-corrected chi connectivity index (χ3v) is 10.4. The van der Waals surface area contributed by atoms with Crippen LogP contribution in [0.5, 0.6) is 0 Å². The SMILES string of the molecule is CCCCC(=O)S(=O)(=O)OC1CC[C@@]2(C)C(=CC(O)[C@@H]3[C@@H]2CC[C@]2(C)C(=O)CC[C@@H]32)C1. The molecular weight excluding hydrogens is 416 g/mol. The molecule has 4 aliphatic rings. The Bertz CT molecular complexity index is 892. The quantitative estimate of drug-likeness (QED) is 0.501. The Kier molecular flexibility index (Phi) is 6.02. The van der Waals surface area contributed by atoms with E-state index in [1.807, 2.05) is 13.0 Å². The van der Waals surface area contributed by atoms with E-state index in [2.05, 4.69) is 13.8 Å². The highest BCUT2D eigenvalue weighted by atomic mass is 32.2. The maximum absolute atomic E-state index is 12.6. The van der Waals surface area contributed by atoms with Crippen molar-refractivity contribution in [3.63, 3.8) is 0 Å². The van der Waals surface area contributed by atoms with E-state index >= 15 is 0 Å². The molecule has 6 nitrogen and oxygen atoms in total. The van der Waals surface area contributed by atoms with Gasteiger partial charge < -0.3 is 5.11 Å². The van der Waals surface area contributed by atoms with Gasteiger partial charge in [-0.1, -0.05) is 38.8 Å². The molecule has 7 atom stereocenters. The molecule has 0 heterocycles. The molecule has 0 aromatic rings. The fourth-order valence-corrected chi connectivity index (χ4v) is 8.17. The Morgan fingerprint density at radius 3 is 2.55 bits per heavy atom. The topological polar surface area (TPSA) is 97.7 Å². The average molecular weight is 453 g/mol. The maximum Gasteiger partial charge on any atom is 0.331 e. The molecule has 174 valence electrons. The number of carbonyl (C=O) groups excluding carboxylic acids is 2. The average Bonchev–Trinajstić information content (AvgIpc) is 3.02. The number of fused-ring (bicyclic) bond motifs is 5. The Morgan fingerprint density at radius 2 is 1.84 bits per heavy atom. The predicted octanol–water partition coefficient (Wildman–Crippen LogP) is 3.92. The number of ketones is 1. The predicted molar refractivity (Wildman–Crippen MR) is 116 cm³/mol. The molecule has 0 saturated heterocycles. The first kappa shape index (κ1) is 23.1. The van der Waals surface area contributed by atoms with Crippen LogP contribution in [0.15, 0.2) is 11.6 Å². The summed E-state index contributed by atoms with van der Waals surface area (Å²) in [4.78, 5) is 24.6. The van der Waals surface area contributed by atoms with Gasteiger partial charge in [0.2, 0.25) is 0 Å². The first-order chi connectivity index (χ1) is 14.5. The van der Waals surface area contributed by atoms with E-state index in [0.717, 1.165) is 37.7 Å². The van der Waals surface area contributed by atoms with Crippen molar-refractivity contribution in [3.8, 4) is 0 Å². The first-order valence-corrected chi connectivity index (χ1v) is 13.3. The molecule has 4 aliphatic carbocycles. The molecule has 2 unspecified atom stereocenters. The summed E-state index contributed by atoms with van der Waals surface area (Å²) in [6.07, 6.45) is 7.05. The van der Waals surface area contributed by atoms with Gasteiger partial charge in [0.25, 0.3) is 5.12 Å². The lowest BCUT2D eigenvalue weighted by atomic mass is 9.47. The van der Waals surface area contributed by atoms with E-state index in [9.17, 15) is 23.1 Å². The zero-order valence-electron chi connectivity index (χ0n) is 18.9. The second-order valence-electron chi connectivity index (χ2n) is 10.7. The van der Waals surface area contributed by atoms with E-state index < -0.39 is 27.4 Å². The Balaban J connectivity index is 1.53. The summed E-state index contributed by atoms with van der Waals surface area (Å²) >= 11 is 0. The minimum atomic E-state index is -4.22. The van der Waals surface area contributed by atoms with Crippen molar-refractivity contribution in [1.82, 2.24) is 0 Å². The molecule has 4 rings (SSSR count). The highest BCUT2D eigenvalue weighted by Crippen LogP contribution is 2.64. The molecule has 31 heavy (non-hydrogen) atoms. The van der Waals surface area contributed by atoms with Crippen LogP contribution in [-0.2, 0) is 23.9 Å². The number of hydrogen-bond donors (Lipinski definition) is 1. The summed E-state index contributed by atoms with van der Waals surface area (Å²) in [5.41, 5.74) is 0.630. The number of hydrogen-bond acceptors (Lipinski definition) is 6. The lowest BCUT2D eigenvalue weighted by Gasteiger charge is -2.58. The van der Waals surface area contributed by atoms with E-state index in [-0.39, 0.29) is 35.0 Å². The normalized spacial score (nSPS) is 42.4. The number of rotatable bonds is 5. The van der Waals surface area contributed by atoms with E-state index in [4.69, 9.17) is 4.18 Å². The van der Waals surface area contributed by atoms with Crippen LogP contribution in [0.25, 0.3) is 0 Å². The van der Waals surface area contributed by atoms with Gasteiger partial charge in [-0.2, -0.15) is 8.42 Å². The smallest absolute Gasteiger partial charge is 0.331 e. The second kappa shape index (κ2) is 8.07. The number of unbranched alkanes of at least 4 members (excludes halogenated alkanes) is 1. The molecule has 1 N–H and O–H groups in total. The zero-order chi connectivity index (χ0) is 22.6. The number of carbonyl (C=O) groups is 2. The van der Waals surface area contributed by atoms with Crippen LogP contribution in [0.2, 0.25) is 0 Å². The minimum absolute atomic E-state index is 0.00664. The van der Waals surface area contributed by atoms with Crippen molar-refractivity contribution < 1.29 is 27.3 Å². The van der Waals surface area contributed by atoms with Crippen molar-refractivity contribution in [2.45, 2.75) is 97.2 Å². The Labute approximate surface area is 185 Å². The number of aliphatic hydroxyl groups excluding tert-OH is 1. The lowest BCUT2D eigenvalue weighted by Crippen LogP contribution is -2.54. The molecule has 0 radical (unpaired) electrons. The summed E-state index contributed by atoms with van der Waals surface area (Å²) in [5.74, 6) is 0.929. The highest BCUT2D eigenvalue weighted by Gasteiger charge is 2.60. The van der Waals surface area contributed by atoms with Crippen LogP contribution in [0.4, 0.5) is 0 Å². The third kappa shape index (κ3) is 3.74. The first-order valence-electron chi connectivity index (χ1n) is 11.9. The fraction of sp³-hybridized carbons (Fsp3) is 0.833. The molecule has 7 heteroatoms. The van der Waals surface area contributed by atoms with Gasteiger partial charge in [0.1, 0.15) is 5.78 Å². The van der Waals surface area contributed by atoms with Crippen LogP contribution < -0.4 is 0 Å². The Morgan fingerprint density at radius 1 is 1.16 bits per heavy atom. The monoisotopic (exact) mass is 452 g/mol. The van der Waals surface area contributed by atoms with Gasteiger partial charge in [-0.3, -0.25) is 13.8 Å². The van der Waals surface area contributed by atoms with Crippen molar-refractivity contribution in [3.05, 3.63) is 11.6 Å². The van der Waals surface area contributed by atoms with Gasteiger partial charge in [0, 0.05) is 18.3 Å². The van der Waals surface area contributed by atoms with Gasteiger partial charge in [0.05, 0.1) is 12.2 Å². The molecule has 3 saturated carbocycles. The van der Waals surface area contributed by atoms with Gasteiger partial charge >= 0.3 is 10.1 Å². The number of Topliss-reactive ketones (excluding diaryl/α,β-unsaturated/α-hetero) is 1. The van der Waals surface area contributed by atoms with Gasteiger partial charge in [0.15, 0.2) is 0 Å². The molecule has 3 fully saturated rings. The maximum atomic E-state index is 12.6. The lowest BCUT2D eigenvalue weighted by molar-refractivity contribution is -0.135. The van der Waals surface area contributed by atoms with Crippen LogP contribution in [0.3, 0.4) is 0 Å². The summed E-state index contributed by atoms with van der Waals surface area (Å²) in [5, 5.41) is 10.3. The highest BCUT2D eigenvalue weighted by molar-refractivity contribution is 8.02. The van der Waals surface area contributed by atoms with Gasteiger partial charge in [-0.15, -0.1) is 0 Å². The van der Waals surface area contributed by atoms with Crippen molar-refractivity contribution >= 4 is 21.0 Å². The van der Waals surface area contributed by atoms with Crippen LogP contribution >= 0.6 is 0 Å². The van der Waals surface area contributed by atoms with Crippen LogP contribution in [0, 0.1) is 28.6 Å². The molecule has 0 bridgehead atoms. The summed E-state index contributed by atoms with van der Waals surface area (Å²) in [7, 11) is -4.22. The summed E-state index contributed by atoms with van der Waals surface area (Å²) < 4.78 is 30.1. The number of aliphatic hydroxyl groups is 1. The second-order valence-corrected chi connectivity index (χ2v) is 12.3. The molecular formula is C24H36O6S. The van der Waals surface area contributed by atoms with E-state index in [1.54, 1.807) is 0 Å². The molecule has 0 aliphatic heterocycles. The van der Waals surface area contributed by atoms with E-state index in [0.29, 0.717) is 31.5 Å². The Hall–Kier alpha value is -1.05. The third-order valence-electron chi connectivity index (χ3n) is 9.07. The van der Waals surface area contributed by atoms with Crippen LogP contribution in [0.1, 0.15) is 85.0 Å². The largest absolute Gasteiger partial charge is 0.389 e. The molecule has 0 aromatic heterocycles. The zero-order valence-corrected chi connectivity index (χ0v) is 19.7. The minimum Gasteiger partial charge on any atom is -0.389 e. The fourth-order valence-electron chi connectivity index (χ4n) is 7.15. The standard InChI is InChI=1S/C24H36O6S/c1-4-5-6-21(27)31(28,29)30-16-9-11-23(2)15(13-16)14-19(25)22-17-7-8-20(26)24(17,3)12-10-18(22)23/h14,16-19,22,25H,4-13H2,1-3H3/t16?,17-,18-,19?,22-,23-,24-/m0/s1. The van der Waals surface area contributed by atoms with Crippen molar-refractivity contribution in [1.29, 1.82) is 0 Å². The van der Waals surface area contributed by atoms with Gasteiger partial charge in [-0.05, 0) is 68.1 Å². The molecule has 0 spiro atoms. The van der Waals surface area contributed by atoms with Crippen LogP contribution in [-0.4, -0.2) is 36.6 Å². The molecule has 0 aromatic carbocycles.